The molecule has 1 aliphatic carbocycles. The van der Waals surface area contributed by atoms with Crippen LogP contribution in [0.15, 0.2) is 0 Å². The van der Waals surface area contributed by atoms with Gasteiger partial charge in [0.2, 0.25) is 5.91 Å². The summed E-state index contributed by atoms with van der Waals surface area (Å²) in [4.78, 5) is 15.2. The Morgan fingerprint density at radius 3 is 2.43 bits per heavy atom. The van der Waals surface area contributed by atoms with Gasteiger partial charge in [-0.1, -0.05) is 47.5 Å². The molecule has 4 unspecified atom stereocenters. The Balaban J connectivity index is 2.16. The van der Waals surface area contributed by atoms with Crippen molar-refractivity contribution in [1.82, 2.24) is 10.2 Å². The molecule has 3 heteroatoms. The monoisotopic (exact) mass is 294 g/mol. The van der Waals surface area contributed by atoms with E-state index in [1.165, 1.54) is 25.7 Å². The van der Waals surface area contributed by atoms with Crippen molar-refractivity contribution in [2.75, 3.05) is 0 Å². The molecule has 0 radical (unpaired) electrons. The zero-order valence-electron chi connectivity index (χ0n) is 14.6. The van der Waals surface area contributed by atoms with Crippen LogP contribution in [0.1, 0.15) is 73.1 Å². The molecule has 2 fully saturated rings. The van der Waals surface area contributed by atoms with Crippen LogP contribution in [-0.2, 0) is 4.79 Å². The Hall–Kier alpha value is -0.570. The van der Waals surface area contributed by atoms with Gasteiger partial charge in [0.1, 0.15) is 0 Å². The number of nitrogens with one attached hydrogen (secondary N) is 1. The molecular weight excluding hydrogens is 260 g/mol. The Labute approximate surface area is 130 Å². The predicted octanol–water partition coefficient (Wildman–Crippen LogP) is 3.78. The van der Waals surface area contributed by atoms with Gasteiger partial charge >= 0.3 is 0 Å². The van der Waals surface area contributed by atoms with Gasteiger partial charge in [-0.15, -0.1) is 0 Å². The summed E-state index contributed by atoms with van der Waals surface area (Å²) in [5, 5.41) is 3.60. The van der Waals surface area contributed by atoms with Crippen molar-refractivity contribution in [3.63, 3.8) is 0 Å². The minimum Gasteiger partial charge on any atom is -0.323 e. The lowest BCUT2D eigenvalue weighted by Gasteiger charge is -2.42. The highest BCUT2D eigenvalue weighted by atomic mass is 16.2. The minimum absolute atomic E-state index is 0.0460. The Bertz CT molecular complexity index is 353. The second kappa shape index (κ2) is 7.13. The zero-order chi connectivity index (χ0) is 15.6. The van der Waals surface area contributed by atoms with Gasteiger partial charge in [0.15, 0.2) is 0 Å². The fraction of sp³-hybridized carbons (Fsp3) is 0.944. The number of carbonyl (C=O) groups is 1. The molecule has 0 aromatic heterocycles. The SMILES string of the molecule is CCC1NC(CC(C)C)C(=O)N1C1CCCCC1C(C)C. The summed E-state index contributed by atoms with van der Waals surface area (Å²) in [6, 6.07) is 0.505. The van der Waals surface area contributed by atoms with Crippen molar-refractivity contribution in [3.05, 3.63) is 0 Å². The normalized spacial score (nSPS) is 34.2. The fourth-order valence-electron chi connectivity index (χ4n) is 4.33. The predicted molar refractivity (Wildman–Crippen MR) is 87.9 cm³/mol. The van der Waals surface area contributed by atoms with Crippen molar-refractivity contribution < 1.29 is 4.79 Å². The third-order valence-corrected chi connectivity index (χ3v) is 5.37. The number of nitrogens with zero attached hydrogens (tertiary/aromatic N) is 1. The van der Waals surface area contributed by atoms with E-state index in [2.05, 4.69) is 44.8 Å². The van der Waals surface area contributed by atoms with Crippen LogP contribution in [0.4, 0.5) is 0 Å². The van der Waals surface area contributed by atoms with Crippen LogP contribution in [0.2, 0.25) is 0 Å². The third kappa shape index (κ3) is 3.61. The maximum Gasteiger partial charge on any atom is 0.241 e. The van der Waals surface area contributed by atoms with Crippen LogP contribution < -0.4 is 5.32 Å². The molecule has 2 aliphatic rings. The molecule has 1 N–H and O–H groups in total. The molecule has 21 heavy (non-hydrogen) atoms. The topological polar surface area (TPSA) is 32.3 Å². The zero-order valence-corrected chi connectivity index (χ0v) is 14.6. The van der Waals surface area contributed by atoms with E-state index >= 15 is 0 Å². The van der Waals surface area contributed by atoms with Gasteiger partial charge in [0.25, 0.3) is 0 Å². The van der Waals surface area contributed by atoms with Crippen LogP contribution in [-0.4, -0.2) is 29.1 Å². The van der Waals surface area contributed by atoms with Gasteiger partial charge in [-0.2, -0.15) is 0 Å². The number of amides is 1. The first-order valence-electron chi connectivity index (χ1n) is 9.03. The standard InChI is InChI=1S/C18H34N2O/c1-6-17-19-15(11-12(2)3)18(21)20(17)16-10-8-7-9-14(16)13(4)5/h12-17,19H,6-11H2,1-5H3. The average Bonchev–Trinajstić information content (AvgIpc) is 2.74. The lowest BCUT2D eigenvalue weighted by molar-refractivity contribution is -0.135. The molecule has 3 nitrogen and oxygen atoms in total. The minimum atomic E-state index is 0.0460. The van der Waals surface area contributed by atoms with Gasteiger partial charge in [-0.05, 0) is 43.4 Å². The fourth-order valence-corrected chi connectivity index (χ4v) is 4.33. The van der Waals surface area contributed by atoms with Crippen LogP contribution in [0.25, 0.3) is 0 Å². The summed E-state index contributed by atoms with van der Waals surface area (Å²) in [5.74, 6) is 2.28. The summed E-state index contributed by atoms with van der Waals surface area (Å²) in [5.41, 5.74) is 0. The largest absolute Gasteiger partial charge is 0.323 e. The summed E-state index contributed by atoms with van der Waals surface area (Å²) >= 11 is 0. The molecule has 0 bridgehead atoms. The molecule has 0 aromatic carbocycles. The molecule has 0 aromatic rings. The number of rotatable bonds is 5. The van der Waals surface area contributed by atoms with Gasteiger partial charge in [-0.25, -0.2) is 0 Å². The molecular formula is C18H34N2O. The van der Waals surface area contributed by atoms with Crippen LogP contribution in [0.3, 0.4) is 0 Å². The van der Waals surface area contributed by atoms with Crippen molar-refractivity contribution >= 4 is 5.91 Å². The quantitative estimate of drug-likeness (QED) is 0.837. The maximum absolute atomic E-state index is 12.9. The number of hydrogen-bond donors (Lipinski definition) is 1. The van der Waals surface area contributed by atoms with E-state index in [0.717, 1.165) is 12.8 Å². The van der Waals surface area contributed by atoms with E-state index < -0.39 is 0 Å². The summed E-state index contributed by atoms with van der Waals surface area (Å²) in [6.07, 6.45) is 7.33. The summed E-state index contributed by atoms with van der Waals surface area (Å²) in [7, 11) is 0. The van der Waals surface area contributed by atoms with E-state index in [0.29, 0.717) is 29.7 Å². The molecule has 0 spiro atoms. The molecule has 4 atom stereocenters. The highest BCUT2D eigenvalue weighted by molar-refractivity contribution is 5.84. The molecule has 1 heterocycles. The van der Waals surface area contributed by atoms with E-state index in [-0.39, 0.29) is 12.2 Å². The molecule has 2 rings (SSSR count). The van der Waals surface area contributed by atoms with E-state index in [1.54, 1.807) is 0 Å². The first-order valence-corrected chi connectivity index (χ1v) is 9.03. The average molecular weight is 294 g/mol. The van der Waals surface area contributed by atoms with Crippen LogP contribution in [0.5, 0.6) is 0 Å². The second-order valence-corrected chi connectivity index (χ2v) is 7.78. The van der Waals surface area contributed by atoms with Gasteiger partial charge in [0.05, 0.1) is 12.2 Å². The lowest BCUT2D eigenvalue weighted by atomic mass is 9.77. The van der Waals surface area contributed by atoms with Crippen LogP contribution in [0, 0.1) is 17.8 Å². The van der Waals surface area contributed by atoms with Crippen molar-refractivity contribution in [1.29, 1.82) is 0 Å². The lowest BCUT2D eigenvalue weighted by Crippen LogP contribution is -2.50. The van der Waals surface area contributed by atoms with Gasteiger partial charge in [-0.3, -0.25) is 10.1 Å². The molecule has 1 amide bonds. The van der Waals surface area contributed by atoms with Crippen LogP contribution >= 0.6 is 0 Å². The molecule has 1 aliphatic heterocycles. The third-order valence-electron chi connectivity index (χ3n) is 5.37. The first kappa shape index (κ1) is 16.8. The van der Waals surface area contributed by atoms with Gasteiger partial charge < -0.3 is 4.90 Å². The molecule has 1 saturated heterocycles. The Morgan fingerprint density at radius 1 is 1.19 bits per heavy atom. The van der Waals surface area contributed by atoms with E-state index in [4.69, 9.17) is 0 Å². The summed E-state index contributed by atoms with van der Waals surface area (Å²) < 4.78 is 0. The first-order chi connectivity index (χ1) is 9.95. The Kier molecular flexibility index (Phi) is 5.70. The highest BCUT2D eigenvalue weighted by Gasteiger charge is 2.44. The Morgan fingerprint density at radius 2 is 1.86 bits per heavy atom. The van der Waals surface area contributed by atoms with Crippen molar-refractivity contribution in [3.8, 4) is 0 Å². The van der Waals surface area contributed by atoms with E-state index in [9.17, 15) is 4.79 Å². The van der Waals surface area contributed by atoms with E-state index in [1.807, 2.05) is 0 Å². The molecule has 122 valence electrons. The maximum atomic E-state index is 12.9. The molecule has 1 saturated carbocycles. The second-order valence-electron chi connectivity index (χ2n) is 7.78. The number of carbonyl (C=O) groups excluding carboxylic acids is 1. The van der Waals surface area contributed by atoms with Crippen molar-refractivity contribution in [2.24, 2.45) is 17.8 Å². The highest BCUT2D eigenvalue weighted by Crippen LogP contribution is 2.36. The smallest absolute Gasteiger partial charge is 0.241 e. The van der Waals surface area contributed by atoms with Gasteiger partial charge in [0, 0.05) is 6.04 Å². The van der Waals surface area contributed by atoms with Crippen molar-refractivity contribution in [2.45, 2.75) is 91.4 Å². The number of hydrogen-bond acceptors (Lipinski definition) is 2. The summed E-state index contributed by atoms with van der Waals surface area (Å²) in [6.45, 7) is 11.3.